The van der Waals surface area contributed by atoms with Crippen LogP contribution in [0.4, 0.5) is 0 Å². The van der Waals surface area contributed by atoms with Crippen molar-refractivity contribution in [2.24, 2.45) is 0 Å². The molecule has 0 radical (unpaired) electrons. The van der Waals surface area contributed by atoms with Crippen LogP contribution >= 0.6 is 0 Å². The van der Waals surface area contributed by atoms with Crippen LogP contribution in [0.15, 0.2) is 158 Å². The molecule has 0 spiro atoms. The van der Waals surface area contributed by atoms with Crippen LogP contribution in [0.25, 0.3) is 0 Å². The van der Waals surface area contributed by atoms with E-state index in [2.05, 4.69) is 167 Å². The van der Waals surface area contributed by atoms with Crippen LogP contribution in [-0.2, 0) is 28.6 Å². The van der Waals surface area contributed by atoms with Gasteiger partial charge in [-0.1, -0.05) is 204 Å². The van der Waals surface area contributed by atoms with Crippen LogP contribution in [0.3, 0.4) is 0 Å². The summed E-state index contributed by atoms with van der Waals surface area (Å²) in [5.41, 5.74) is 0. The fourth-order valence-corrected chi connectivity index (χ4v) is 5.87. The lowest BCUT2D eigenvalue weighted by atomic mass is 10.1. The zero-order valence-electron chi connectivity index (χ0n) is 40.9. The zero-order valence-corrected chi connectivity index (χ0v) is 40.9. The molecule has 0 aliphatic rings. The number of rotatable bonds is 42. The van der Waals surface area contributed by atoms with E-state index < -0.39 is 12.1 Å². The van der Waals surface area contributed by atoms with Crippen LogP contribution in [0.1, 0.15) is 175 Å². The maximum Gasteiger partial charge on any atom is 0.306 e. The number of hydrogen-bond acceptors (Lipinski definition) is 6. The van der Waals surface area contributed by atoms with Gasteiger partial charge in [0.25, 0.3) is 0 Å². The molecule has 0 saturated carbocycles. The van der Waals surface area contributed by atoms with Gasteiger partial charge in [0.15, 0.2) is 6.10 Å². The lowest BCUT2D eigenvalue weighted by Gasteiger charge is -2.18. The van der Waals surface area contributed by atoms with Gasteiger partial charge in [0.1, 0.15) is 13.2 Å². The van der Waals surface area contributed by atoms with E-state index in [1.807, 2.05) is 12.2 Å². The van der Waals surface area contributed by atoms with E-state index in [0.29, 0.717) is 19.3 Å². The molecule has 0 bridgehead atoms. The predicted molar refractivity (Wildman–Crippen MR) is 278 cm³/mol. The molecule has 0 amide bonds. The molecule has 0 aromatic rings. The Morgan fingerprint density at radius 1 is 0.323 bits per heavy atom. The SMILES string of the molecule is CC/C=C\C/C=C\C/C=C\C/C=C\C/C=C\C/C=C\C/C=C\C/C=C\C/C=C\CCCC(=O)OCC(COC(=O)CCCCCCC)OC(=O)CC/C=C\C/C=C\C/C=C\C/C=C\CC. The topological polar surface area (TPSA) is 78.9 Å². The minimum Gasteiger partial charge on any atom is -0.462 e. The maximum absolute atomic E-state index is 12.6. The van der Waals surface area contributed by atoms with Gasteiger partial charge in [-0.25, -0.2) is 0 Å². The molecule has 0 aliphatic carbocycles. The number of esters is 3. The molecule has 6 nitrogen and oxygen atoms in total. The first-order valence-corrected chi connectivity index (χ1v) is 25.0. The van der Waals surface area contributed by atoms with Gasteiger partial charge in [-0.15, -0.1) is 0 Å². The summed E-state index contributed by atoms with van der Waals surface area (Å²) < 4.78 is 16.5. The van der Waals surface area contributed by atoms with E-state index in [4.69, 9.17) is 14.2 Å². The van der Waals surface area contributed by atoms with E-state index in [1.54, 1.807) is 0 Å². The third-order valence-corrected chi connectivity index (χ3v) is 9.54. The van der Waals surface area contributed by atoms with E-state index in [-0.39, 0.29) is 38.0 Å². The van der Waals surface area contributed by atoms with Gasteiger partial charge in [0, 0.05) is 19.3 Å². The van der Waals surface area contributed by atoms with Crippen molar-refractivity contribution in [2.75, 3.05) is 13.2 Å². The van der Waals surface area contributed by atoms with Gasteiger partial charge in [-0.2, -0.15) is 0 Å². The van der Waals surface area contributed by atoms with Crippen molar-refractivity contribution in [3.8, 4) is 0 Å². The van der Waals surface area contributed by atoms with Crippen molar-refractivity contribution in [3.63, 3.8) is 0 Å². The Morgan fingerprint density at radius 3 is 0.985 bits per heavy atom. The van der Waals surface area contributed by atoms with E-state index in [0.717, 1.165) is 122 Å². The van der Waals surface area contributed by atoms with Crippen molar-refractivity contribution in [1.29, 1.82) is 0 Å². The summed E-state index contributed by atoms with van der Waals surface area (Å²) in [4.78, 5) is 37.5. The lowest BCUT2D eigenvalue weighted by molar-refractivity contribution is -0.166. The van der Waals surface area contributed by atoms with Gasteiger partial charge in [0.05, 0.1) is 0 Å². The average molecular weight is 893 g/mol. The first-order valence-electron chi connectivity index (χ1n) is 25.0. The van der Waals surface area contributed by atoms with Crippen molar-refractivity contribution in [3.05, 3.63) is 158 Å². The van der Waals surface area contributed by atoms with Crippen molar-refractivity contribution < 1.29 is 28.6 Å². The van der Waals surface area contributed by atoms with E-state index in [1.165, 1.54) is 0 Å². The monoisotopic (exact) mass is 893 g/mol. The van der Waals surface area contributed by atoms with Crippen LogP contribution in [0, 0.1) is 0 Å². The smallest absolute Gasteiger partial charge is 0.306 e. The van der Waals surface area contributed by atoms with Crippen molar-refractivity contribution in [1.82, 2.24) is 0 Å². The third kappa shape index (κ3) is 49.9. The second-order valence-corrected chi connectivity index (χ2v) is 15.6. The first-order chi connectivity index (χ1) is 32.0. The molecule has 0 saturated heterocycles. The Morgan fingerprint density at radius 2 is 0.631 bits per heavy atom. The zero-order chi connectivity index (χ0) is 47.2. The van der Waals surface area contributed by atoms with Crippen molar-refractivity contribution in [2.45, 2.75) is 181 Å². The quantitative estimate of drug-likeness (QED) is 0.0263. The Kier molecular flexibility index (Phi) is 47.7. The Hall–Kier alpha value is -4.97. The number of unbranched alkanes of at least 4 members (excludes halogenated alkanes) is 5. The minimum atomic E-state index is -0.842. The number of hydrogen-bond donors (Lipinski definition) is 0. The predicted octanol–water partition coefficient (Wildman–Crippen LogP) is 16.6. The molecule has 1 atom stereocenters. The van der Waals surface area contributed by atoms with E-state index in [9.17, 15) is 14.4 Å². The number of carbonyl (C=O) groups is 3. The fourth-order valence-electron chi connectivity index (χ4n) is 5.87. The second-order valence-electron chi connectivity index (χ2n) is 15.6. The van der Waals surface area contributed by atoms with Crippen molar-refractivity contribution >= 4 is 17.9 Å². The molecule has 65 heavy (non-hydrogen) atoms. The Labute approximate surface area is 397 Å². The molecular weight excluding hydrogens is 805 g/mol. The highest BCUT2D eigenvalue weighted by Crippen LogP contribution is 2.09. The standard InChI is InChI=1S/C59H88O6/c1-4-7-10-13-15-17-19-21-22-23-24-25-26-27-28-29-30-31-32-33-34-35-36-38-39-41-43-46-49-52-58(61)64-55-56(54-63-57(60)51-48-45-12-9-6-3)65-59(62)53-50-47-44-42-40-37-20-18-16-14-11-8-5-2/h7-8,10-11,15-18,21-22,24-25,27-28,30-31,33-34,36-38,40-41,43-44,47,56H,4-6,9,12-14,19-20,23,26,29,32,35,39,42,45-46,48-55H2,1-3H3/b10-7-,11-8-,17-15-,18-16-,22-21-,25-24-,28-27-,31-30-,34-33-,38-36-,40-37-,43-41-,47-44-. The molecule has 0 aromatic carbocycles. The lowest BCUT2D eigenvalue weighted by Crippen LogP contribution is -2.30. The highest BCUT2D eigenvalue weighted by Gasteiger charge is 2.19. The van der Waals surface area contributed by atoms with Gasteiger partial charge in [-0.05, 0) is 109 Å². The molecule has 0 aliphatic heterocycles. The first kappa shape index (κ1) is 60.0. The highest BCUT2D eigenvalue weighted by molar-refractivity contribution is 5.71. The summed E-state index contributed by atoms with van der Waals surface area (Å²) in [6.45, 7) is 6.16. The summed E-state index contributed by atoms with van der Waals surface area (Å²) in [5, 5.41) is 0. The van der Waals surface area contributed by atoms with Gasteiger partial charge >= 0.3 is 17.9 Å². The number of carbonyl (C=O) groups excluding carboxylic acids is 3. The minimum absolute atomic E-state index is 0.133. The van der Waals surface area contributed by atoms with Crippen LogP contribution in [-0.4, -0.2) is 37.2 Å². The normalized spacial score (nSPS) is 13.5. The summed E-state index contributed by atoms with van der Waals surface area (Å²) in [7, 11) is 0. The van der Waals surface area contributed by atoms with Gasteiger partial charge < -0.3 is 14.2 Å². The molecule has 0 rings (SSSR count). The molecule has 0 aromatic heterocycles. The largest absolute Gasteiger partial charge is 0.462 e. The summed E-state index contributed by atoms with van der Waals surface area (Å²) >= 11 is 0. The summed E-state index contributed by atoms with van der Waals surface area (Å²) in [6.07, 6.45) is 75.8. The van der Waals surface area contributed by atoms with Crippen LogP contribution < -0.4 is 0 Å². The molecule has 1 unspecified atom stereocenters. The fraction of sp³-hybridized carbons (Fsp3) is 0.508. The molecule has 0 heterocycles. The average Bonchev–Trinajstić information content (AvgIpc) is 3.30. The Balaban J connectivity index is 4.33. The highest BCUT2D eigenvalue weighted by atomic mass is 16.6. The third-order valence-electron chi connectivity index (χ3n) is 9.54. The van der Waals surface area contributed by atoms with Crippen LogP contribution in [0.2, 0.25) is 0 Å². The molecule has 360 valence electrons. The number of ether oxygens (including phenoxy) is 3. The second kappa shape index (κ2) is 51.7. The summed E-state index contributed by atoms with van der Waals surface area (Å²) in [5.74, 6) is -1.11. The molecular formula is C59H88O6. The molecule has 0 fully saturated rings. The number of allylic oxidation sites excluding steroid dienone is 26. The van der Waals surface area contributed by atoms with Gasteiger partial charge in [-0.3, -0.25) is 14.4 Å². The van der Waals surface area contributed by atoms with E-state index >= 15 is 0 Å². The summed E-state index contributed by atoms with van der Waals surface area (Å²) in [6, 6.07) is 0. The van der Waals surface area contributed by atoms with Crippen LogP contribution in [0.5, 0.6) is 0 Å². The molecule has 6 heteroatoms. The Bertz CT molecular complexity index is 1540. The maximum atomic E-state index is 12.6. The molecule has 0 N–H and O–H groups in total. The van der Waals surface area contributed by atoms with Gasteiger partial charge in [0.2, 0.25) is 0 Å².